The van der Waals surface area contributed by atoms with Crippen molar-refractivity contribution in [2.45, 2.75) is 19.4 Å². The van der Waals surface area contributed by atoms with Crippen molar-refractivity contribution in [1.82, 2.24) is 5.32 Å². The molecule has 5 nitrogen and oxygen atoms in total. The van der Waals surface area contributed by atoms with Crippen LogP contribution in [0.5, 0.6) is 5.75 Å². The fraction of sp³-hybridized carbons (Fsp3) is 0.263. The molecule has 0 spiro atoms. The van der Waals surface area contributed by atoms with Crippen LogP contribution >= 0.6 is 0 Å². The minimum atomic E-state index is -0.310. The molecule has 0 saturated carbocycles. The van der Waals surface area contributed by atoms with Gasteiger partial charge in [-0.05, 0) is 36.2 Å². The molecule has 6 heteroatoms. The van der Waals surface area contributed by atoms with Gasteiger partial charge in [-0.1, -0.05) is 24.3 Å². The molecule has 0 aliphatic carbocycles. The number of methoxy groups -OCH3 is 1. The molecule has 0 atom stereocenters. The molecule has 0 heterocycles. The summed E-state index contributed by atoms with van der Waals surface area (Å²) in [7, 11) is 1.33. The maximum Gasteiger partial charge on any atom is 0.305 e. The van der Waals surface area contributed by atoms with E-state index in [0.717, 1.165) is 5.56 Å². The lowest BCUT2D eigenvalue weighted by Gasteiger charge is -2.12. The molecular weight excluding hydrogens is 325 g/mol. The number of benzene rings is 2. The summed E-state index contributed by atoms with van der Waals surface area (Å²) in [5.41, 5.74) is 1.21. The molecule has 0 aliphatic heterocycles. The van der Waals surface area contributed by atoms with E-state index in [9.17, 15) is 14.0 Å². The maximum absolute atomic E-state index is 12.9. The normalized spacial score (nSPS) is 10.2. The first-order valence-corrected chi connectivity index (χ1v) is 7.91. The number of esters is 1. The van der Waals surface area contributed by atoms with Gasteiger partial charge in [-0.15, -0.1) is 0 Å². The Morgan fingerprint density at radius 1 is 1.08 bits per heavy atom. The lowest BCUT2D eigenvalue weighted by Crippen LogP contribution is -2.25. The standard InChI is InChI=1S/C19H20FNO4/c1-24-18(22)7-4-12-21-19(23)16-5-2-3-6-17(16)25-13-14-8-10-15(20)11-9-14/h2-3,5-6,8-11H,4,7,12-13H2,1H3,(H,21,23). The van der Waals surface area contributed by atoms with Gasteiger partial charge in [0, 0.05) is 13.0 Å². The highest BCUT2D eigenvalue weighted by Crippen LogP contribution is 2.19. The molecular formula is C19H20FNO4. The van der Waals surface area contributed by atoms with Crippen LogP contribution in [-0.2, 0) is 16.1 Å². The van der Waals surface area contributed by atoms with Gasteiger partial charge < -0.3 is 14.8 Å². The van der Waals surface area contributed by atoms with Crippen molar-refractivity contribution in [3.05, 3.63) is 65.5 Å². The predicted molar refractivity (Wildman–Crippen MR) is 90.8 cm³/mol. The van der Waals surface area contributed by atoms with Gasteiger partial charge in [0.25, 0.3) is 5.91 Å². The zero-order chi connectivity index (χ0) is 18.1. The molecule has 0 saturated heterocycles. The van der Waals surface area contributed by atoms with Crippen molar-refractivity contribution in [2.75, 3.05) is 13.7 Å². The molecule has 0 fully saturated rings. The van der Waals surface area contributed by atoms with Crippen molar-refractivity contribution in [3.63, 3.8) is 0 Å². The first kappa shape index (κ1) is 18.4. The maximum atomic E-state index is 12.9. The van der Waals surface area contributed by atoms with E-state index in [1.165, 1.54) is 19.2 Å². The Labute approximate surface area is 145 Å². The molecule has 2 aromatic carbocycles. The van der Waals surface area contributed by atoms with Gasteiger partial charge in [0.2, 0.25) is 0 Å². The van der Waals surface area contributed by atoms with Crippen LogP contribution in [0.15, 0.2) is 48.5 Å². The highest BCUT2D eigenvalue weighted by atomic mass is 19.1. The summed E-state index contributed by atoms with van der Waals surface area (Å²) in [5.74, 6) is -0.454. The third-order valence-corrected chi connectivity index (χ3v) is 3.51. The molecule has 25 heavy (non-hydrogen) atoms. The molecule has 0 bridgehead atoms. The van der Waals surface area contributed by atoms with Gasteiger partial charge >= 0.3 is 5.97 Å². The van der Waals surface area contributed by atoms with Gasteiger partial charge in [0.1, 0.15) is 18.2 Å². The van der Waals surface area contributed by atoms with Crippen LogP contribution in [0.25, 0.3) is 0 Å². The van der Waals surface area contributed by atoms with Crippen LogP contribution in [-0.4, -0.2) is 25.5 Å². The second kappa shape index (κ2) is 9.42. The summed E-state index contributed by atoms with van der Waals surface area (Å²) >= 11 is 0. The quantitative estimate of drug-likeness (QED) is 0.590. The number of amides is 1. The lowest BCUT2D eigenvalue weighted by atomic mass is 10.1. The van der Waals surface area contributed by atoms with Crippen LogP contribution in [0.3, 0.4) is 0 Å². The van der Waals surface area contributed by atoms with Crippen LogP contribution in [0, 0.1) is 5.82 Å². The average Bonchev–Trinajstić information content (AvgIpc) is 2.64. The minimum absolute atomic E-state index is 0.229. The van der Waals surface area contributed by atoms with E-state index in [1.807, 2.05) is 0 Å². The summed E-state index contributed by atoms with van der Waals surface area (Å²) in [6.07, 6.45) is 0.747. The van der Waals surface area contributed by atoms with Crippen LogP contribution in [0.2, 0.25) is 0 Å². The third kappa shape index (κ3) is 5.91. The zero-order valence-corrected chi connectivity index (χ0v) is 14.0. The number of nitrogens with one attached hydrogen (secondary N) is 1. The van der Waals surface area contributed by atoms with Crippen molar-refractivity contribution in [2.24, 2.45) is 0 Å². The fourth-order valence-corrected chi connectivity index (χ4v) is 2.15. The second-order valence-corrected chi connectivity index (χ2v) is 5.35. The largest absolute Gasteiger partial charge is 0.488 e. The van der Waals surface area contributed by atoms with Crippen molar-refractivity contribution in [1.29, 1.82) is 0 Å². The van der Waals surface area contributed by atoms with E-state index in [2.05, 4.69) is 10.1 Å². The van der Waals surface area contributed by atoms with Crippen LogP contribution in [0.4, 0.5) is 4.39 Å². The Morgan fingerprint density at radius 2 is 1.80 bits per heavy atom. The molecule has 1 amide bonds. The molecule has 2 rings (SSSR count). The number of carbonyl (C=O) groups excluding carboxylic acids is 2. The Kier molecular flexibility index (Phi) is 6.95. The third-order valence-electron chi connectivity index (χ3n) is 3.51. The van der Waals surface area contributed by atoms with Gasteiger partial charge in [-0.25, -0.2) is 4.39 Å². The fourth-order valence-electron chi connectivity index (χ4n) is 2.15. The molecule has 0 aliphatic rings. The molecule has 2 aromatic rings. The van der Waals surface area contributed by atoms with E-state index in [-0.39, 0.29) is 30.7 Å². The molecule has 0 unspecified atom stereocenters. The van der Waals surface area contributed by atoms with E-state index in [4.69, 9.17) is 4.74 Å². The van der Waals surface area contributed by atoms with E-state index in [0.29, 0.717) is 24.3 Å². The van der Waals surface area contributed by atoms with Crippen molar-refractivity contribution in [3.8, 4) is 5.75 Å². The molecule has 0 aromatic heterocycles. The average molecular weight is 345 g/mol. The summed E-state index contributed by atoms with van der Waals surface area (Å²) in [5, 5.41) is 2.75. The monoisotopic (exact) mass is 345 g/mol. The number of hydrogen-bond acceptors (Lipinski definition) is 4. The molecule has 1 N–H and O–H groups in total. The first-order chi connectivity index (χ1) is 12.1. The summed E-state index contributed by atoms with van der Waals surface area (Å²) in [6, 6.07) is 12.9. The number of rotatable bonds is 8. The van der Waals surface area contributed by atoms with Crippen LogP contribution in [0.1, 0.15) is 28.8 Å². The Morgan fingerprint density at radius 3 is 2.52 bits per heavy atom. The summed E-state index contributed by atoms with van der Waals surface area (Å²) in [6.45, 7) is 0.590. The number of para-hydroxylation sites is 1. The topological polar surface area (TPSA) is 64.6 Å². The van der Waals surface area contributed by atoms with E-state index >= 15 is 0 Å². The zero-order valence-electron chi connectivity index (χ0n) is 14.0. The minimum Gasteiger partial charge on any atom is -0.488 e. The number of halogens is 1. The number of hydrogen-bond donors (Lipinski definition) is 1. The van der Waals surface area contributed by atoms with Gasteiger partial charge in [-0.3, -0.25) is 9.59 Å². The smallest absolute Gasteiger partial charge is 0.305 e. The van der Waals surface area contributed by atoms with E-state index in [1.54, 1.807) is 36.4 Å². The highest BCUT2D eigenvalue weighted by Gasteiger charge is 2.12. The van der Waals surface area contributed by atoms with Gasteiger partial charge in [0.15, 0.2) is 0 Å². The van der Waals surface area contributed by atoms with Crippen molar-refractivity contribution >= 4 is 11.9 Å². The lowest BCUT2D eigenvalue weighted by molar-refractivity contribution is -0.140. The van der Waals surface area contributed by atoms with Gasteiger partial charge in [0.05, 0.1) is 12.7 Å². The Balaban J connectivity index is 1.91. The Bertz CT molecular complexity index is 716. The second-order valence-electron chi connectivity index (χ2n) is 5.35. The number of carbonyl (C=O) groups is 2. The Hall–Kier alpha value is -2.89. The molecule has 132 valence electrons. The highest BCUT2D eigenvalue weighted by molar-refractivity contribution is 5.96. The summed E-state index contributed by atoms with van der Waals surface area (Å²) in [4.78, 5) is 23.3. The predicted octanol–water partition coefficient (Wildman–Crippen LogP) is 3.09. The van der Waals surface area contributed by atoms with Gasteiger partial charge in [-0.2, -0.15) is 0 Å². The molecule has 0 radical (unpaired) electrons. The first-order valence-electron chi connectivity index (χ1n) is 7.91. The number of ether oxygens (including phenoxy) is 2. The summed E-state index contributed by atoms with van der Waals surface area (Å²) < 4.78 is 23.2. The SMILES string of the molecule is COC(=O)CCCNC(=O)c1ccccc1OCc1ccc(F)cc1. The van der Waals surface area contributed by atoms with E-state index < -0.39 is 0 Å². The van der Waals surface area contributed by atoms with Crippen LogP contribution < -0.4 is 10.1 Å². The van der Waals surface area contributed by atoms with Crippen molar-refractivity contribution < 1.29 is 23.5 Å².